The zero-order chi connectivity index (χ0) is 19.6. The molecule has 0 unspecified atom stereocenters. The van der Waals surface area contributed by atoms with Crippen LogP contribution in [0.5, 0.6) is 5.75 Å². The first kappa shape index (κ1) is 18.4. The van der Waals surface area contributed by atoms with Gasteiger partial charge in [-0.2, -0.15) is 0 Å². The highest BCUT2D eigenvalue weighted by atomic mass is 16.8. The van der Waals surface area contributed by atoms with Gasteiger partial charge in [0.2, 0.25) is 0 Å². The van der Waals surface area contributed by atoms with E-state index >= 15 is 0 Å². The van der Waals surface area contributed by atoms with Crippen LogP contribution in [-0.4, -0.2) is 58.2 Å². The lowest BCUT2D eigenvalue weighted by Gasteiger charge is -2.47. The number of aryl methyl sites for hydroxylation is 2. The van der Waals surface area contributed by atoms with E-state index in [1.165, 1.54) is 7.11 Å². The Morgan fingerprint density at radius 2 is 1.54 bits per heavy atom. The third kappa shape index (κ3) is 2.00. The number of hydrogen-bond acceptors (Lipinski definition) is 7. The molecule has 0 N–H and O–H groups in total. The molecule has 1 aromatic carbocycles. The van der Waals surface area contributed by atoms with Crippen molar-refractivity contribution in [1.29, 1.82) is 0 Å². The van der Waals surface area contributed by atoms with Crippen LogP contribution in [-0.2, 0) is 35.5 Å². The van der Waals surface area contributed by atoms with E-state index in [2.05, 4.69) is 6.07 Å². The summed E-state index contributed by atoms with van der Waals surface area (Å²) < 4.78 is 36.1. The highest BCUT2D eigenvalue weighted by Crippen LogP contribution is 2.67. The van der Waals surface area contributed by atoms with Crippen molar-refractivity contribution in [3.05, 3.63) is 28.3 Å². The molecule has 2 saturated heterocycles. The van der Waals surface area contributed by atoms with Gasteiger partial charge in [0.15, 0.2) is 11.6 Å². The van der Waals surface area contributed by atoms with Gasteiger partial charge in [0.1, 0.15) is 16.7 Å². The number of carbonyl (C=O) groups is 1. The zero-order valence-corrected chi connectivity index (χ0v) is 16.6. The van der Waals surface area contributed by atoms with Crippen LogP contribution in [0.3, 0.4) is 0 Å². The monoisotopic (exact) mass is 390 g/mol. The molecule has 0 aromatic heterocycles. The van der Waals surface area contributed by atoms with Crippen LogP contribution >= 0.6 is 0 Å². The molecule has 2 aliphatic carbocycles. The van der Waals surface area contributed by atoms with Gasteiger partial charge in [-0.15, -0.1) is 0 Å². The summed E-state index contributed by atoms with van der Waals surface area (Å²) in [6, 6.07) is 2.06. The van der Waals surface area contributed by atoms with Crippen molar-refractivity contribution >= 4 is 5.97 Å². The normalized spacial score (nSPS) is 25.7. The molecule has 2 aliphatic heterocycles. The number of esters is 1. The van der Waals surface area contributed by atoms with E-state index in [1.807, 2.05) is 6.92 Å². The molecule has 0 amide bonds. The highest BCUT2D eigenvalue weighted by Gasteiger charge is 2.76. The fraction of sp³-hybridized carbons (Fsp3) is 0.667. The van der Waals surface area contributed by atoms with Gasteiger partial charge in [0.05, 0.1) is 40.6 Å². The average molecular weight is 390 g/mol. The lowest BCUT2D eigenvalue weighted by molar-refractivity contribution is -0.269. The molecular formula is C21H26O7. The molecule has 7 nitrogen and oxygen atoms in total. The second-order valence-electron chi connectivity index (χ2n) is 7.93. The van der Waals surface area contributed by atoms with Gasteiger partial charge in [-0.1, -0.05) is 6.07 Å². The summed E-state index contributed by atoms with van der Waals surface area (Å²) in [5.41, 5.74) is 2.63. The Labute approximate surface area is 164 Å². The van der Waals surface area contributed by atoms with Crippen molar-refractivity contribution in [2.24, 2.45) is 0 Å². The quantitative estimate of drug-likeness (QED) is 0.717. The van der Waals surface area contributed by atoms with Gasteiger partial charge in [-0.3, -0.25) is 0 Å². The first-order valence-corrected chi connectivity index (χ1v) is 9.89. The highest BCUT2D eigenvalue weighted by molar-refractivity contribution is 5.95. The van der Waals surface area contributed by atoms with Crippen LogP contribution in [0.15, 0.2) is 6.07 Å². The minimum Gasteiger partial charge on any atom is -0.496 e. The number of methoxy groups -OCH3 is 2. The van der Waals surface area contributed by atoms with Gasteiger partial charge in [-0.05, 0) is 30.9 Å². The molecule has 3 fully saturated rings. The van der Waals surface area contributed by atoms with Crippen LogP contribution < -0.4 is 4.74 Å². The third-order valence-electron chi connectivity index (χ3n) is 6.94. The van der Waals surface area contributed by atoms with Gasteiger partial charge in [0.25, 0.3) is 0 Å². The Bertz CT molecular complexity index is 795. The Hall–Kier alpha value is -1.67. The van der Waals surface area contributed by atoms with Crippen LogP contribution in [0.25, 0.3) is 0 Å². The SMILES string of the molecule is COC(=O)c1c(C)cc2c(c1OC)C1(CC2)C2(CCC13OCCO3)OCCO2. The van der Waals surface area contributed by atoms with Crippen molar-refractivity contribution in [1.82, 2.24) is 0 Å². The van der Waals surface area contributed by atoms with E-state index < -0.39 is 23.0 Å². The fourth-order valence-corrected chi connectivity index (χ4v) is 6.03. The molecule has 7 heteroatoms. The number of hydrogen-bond donors (Lipinski definition) is 0. The summed E-state index contributed by atoms with van der Waals surface area (Å²) in [6.07, 6.45) is 2.92. The van der Waals surface area contributed by atoms with Gasteiger partial charge < -0.3 is 28.4 Å². The predicted octanol–water partition coefficient (Wildman–Crippen LogP) is 2.25. The molecular weight excluding hydrogens is 364 g/mol. The van der Waals surface area contributed by atoms with Crippen LogP contribution in [0.4, 0.5) is 0 Å². The summed E-state index contributed by atoms with van der Waals surface area (Å²) >= 11 is 0. The van der Waals surface area contributed by atoms with E-state index in [9.17, 15) is 4.79 Å². The maximum atomic E-state index is 12.6. The lowest BCUT2D eigenvalue weighted by Crippen LogP contribution is -2.59. The maximum Gasteiger partial charge on any atom is 0.341 e. The van der Waals surface area contributed by atoms with Crippen molar-refractivity contribution in [3.63, 3.8) is 0 Å². The smallest absolute Gasteiger partial charge is 0.341 e. The van der Waals surface area contributed by atoms with Crippen molar-refractivity contribution in [2.45, 2.75) is 49.6 Å². The average Bonchev–Trinajstić information content (AvgIpc) is 3.47. The second-order valence-corrected chi connectivity index (χ2v) is 7.93. The standard InChI is InChI=1S/C21H26O7/c1-13-12-14-4-5-19(16(14)17(23-2)15(13)18(22)24-3)20(25-8-9-26-20)6-7-21(19)27-10-11-28-21/h12H,4-11H2,1-3H3. The molecule has 3 spiro atoms. The summed E-state index contributed by atoms with van der Waals surface area (Å²) in [5.74, 6) is -1.56. The van der Waals surface area contributed by atoms with Gasteiger partial charge >= 0.3 is 5.97 Å². The number of ether oxygens (including phenoxy) is 6. The molecule has 4 aliphatic rings. The van der Waals surface area contributed by atoms with Crippen LogP contribution in [0.2, 0.25) is 0 Å². The second kappa shape index (κ2) is 6.16. The molecule has 0 atom stereocenters. The third-order valence-corrected chi connectivity index (χ3v) is 6.94. The number of fused-ring (bicyclic) bond motifs is 4. The van der Waals surface area contributed by atoms with Crippen LogP contribution in [0.1, 0.15) is 46.3 Å². The topological polar surface area (TPSA) is 72.5 Å². The van der Waals surface area contributed by atoms with E-state index in [0.717, 1.165) is 29.5 Å². The Balaban J connectivity index is 1.82. The maximum absolute atomic E-state index is 12.6. The fourth-order valence-electron chi connectivity index (χ4n) is 6.03. The number of benzene rings is 1. The molecule has 1 saturated carbocycles. The largest absolute Gasteiger partial charge is 0.496 e. The van der Waals surface area contributed by atoms with Crippen molar-refractivity contribution in [2.75, 3.05) is 40.6 Å². The number of rotatable bonds is 2. The van der Waals surface area contributed by atoms with Crippen LogP contribution in [0, 0.1) is 6.92 Å². The molecule has 1 aromatic rings. The minimum absolute atomic E-state index is 0.415. The van der Waals surface area contributed by atoms with Gasteiger partial charge in [-0.25, -0.2) is 4.79 Å². The molecule has 2 heterocycles. The Kier molecular flexibility index (Phi) is 4.04. The predicted molar refractivity (Wildman–Crippen MR) is 97.6 cm³/mol. The minimum atomic E-state index is -0.835. The molecule has 0 bridgehead atoms. The number of carbonyl (C=O) groups excluding carboxylic acids is 1. The molecule has 0 radical (unpaired) electrons. The molecule has 28 heavy (non-hydrogen) atoms. The summed E-state index contributed by atoms with van der Waals surface area (Å²) in [7, 11) is 2.98. The van der Waals surface area contributed by atoms with Crippen molar-refractivity contribution < 1.29 is 33.2 Å². The molecule has 152 valence electrons. The van der Waals surface area contributed by atoms with E-state index in [-0.39, 0.29) is 0 Å². The van der Waals surface area contributed by atoms with E-state index in [0.29, 0.717) is 50.6 Å². The summed E-state index contributed by atoms with van der Waals surface area (Å²) in [6.45, 7) is 4.04. The zero-order valence-electron chi connectivity index (χ0n) is 16.6. The van der Waals surface area contributed by atoms with Crippen molar-refractivity contribution in [3.8, 4) is 5.75 Å². The first-order chi connectivity index (χ1) is 13.5. The first-order valence-electron chi connectivity index (χ1n) is 9.89. The van der Waals surface area contributed by atoms with E-state index in [1.54, 1.807) is 7.11 Å². The van der Waals surface area contributed by atoms with E-state index in [4.69, 9.17) is 28.4 Å². The molecule has 5 rings (SSSR count). The Morgan fingerprint density at radius 3 is 2.04 bits per heavy atom. The summed E-state index contributed by atoms with van der Waals surface area (Å²) in [4.78, 5) is 12.6. The summed E-state index contributed by atoms with van der Waals surface area (Å²) in [5, 5.41) is 0. The lowest BCUT2D eigenvalue weighted by atomic mass is 9.71. The Morgan fingerprint density at radius 1 is 0.964 bits per heavy atom. The van der Waals surface area contributed by atoms with Gasteiger partial charge in [0, 0.05) is 18.4 Å².